The van der Waals surface area contributed by atoms with E-state index in [1.54, 1.807) is 0 Å². The van der Waals surface area contributed by atoms with Gasteiger partial charge in [-0.05, 0) is 38.7 Å². The van der Waals surface area contributed by atoms with Gasteiger partial charge in [0.2, 0.25) is 0 Å². The fraction of sp³-hybridized carbons (Fsp3) is 0.429. The second kappa shape index (κ2) is 5.84. The van der Waals surface area contributed by atoms with Crippen molar-refractivity contribution in [3.05, 3.63) is 36.0 Å². The van der Waals surface area contributed by atoms with Gasteiger partial charge in [0.1, 0.15) is 0 Å². The molecule has 0 radical (unpaired) electrons. The molecule has 2 rings (SSSR count). The molecule has 3 nitrogen and oxygen atoms in total. The Bertz CT molecular complexity index is 459. The van der Waals surface area contributed by atoms with Crippen LogP contribution in [0.1, 0.15) is 5.56 Å². The van der Waals surface area contributed by atoms with Crippen molar-refractivity contribution in [1.29, 1.82) is 0 Å². The standard InChI is InChI=1S/C14H21N3/c1-17(2)10-9-15-8-7-12-11-16-14-6-4-3-5-13(12)14/h3-6,11,15-16H,7-10H2,1-2H3. The number of rotatable bonds is 6. The Hall–Kier alpha value is -1.32. The van der Waals surface area contributed by atoms with Gasteiger partial charge in [0.15, 0.2) is 0 Å². The third kappa shape index (κ3) is 3.32. The summed E-state index contributed by atoms with van der Waals surface area (Å²) in [4.78, 5) is 5.50. The first kappa shape index (κ1) is 12.1. The molecule has 0 unspecified atom stereocenters. The lowest BCUT2D eigenvalue weighted by Gasteiger charge is -2.09. The fourth-order valence-electron chi connectivity index (χ4n) is 1.99. The number of aromatic amines is 1. The summed E-state index contributed by atoms with van der Waals surface area (Å²) in [5.74, 6) is 0. The van der Waals surface area contributed by atoms with E-state index in [9.17, 15) is 0 Å². The summed E-state index contributed by atoms with van der Waals surface area (Å²) in [5, 5.41) is 4.81. The Balaban J connectivity index is 1.83. The number of H-pyrrole nitrogens is 1. The highest BCUT2D eigenvalue weighted by atomic mass is 15.1. The van der Waals surface area contributed by atoms with Crippen molar-refractivity contribution in [3.63, 3.8) is 0 Å². The van der Waals surface area contributed by atoms with E-state index in [4.69, 9.17) is 0 Å². The summed E-state index contributed by atoms with van der Waals surface area (Å²) in [7, 11) is 4.20. The Kier molecular flexibility index (Phi) is 4.18. The highest BCUT2D eigenvalue weighted by molar-refractivity contribution is 5.83. The molecule has 2 aromatic rings. The van der Waals surface area contributed by atoms with Crippen molar-refractivity contribution < 1.29 is 0 Å². The van der Waals surface area contributed by atoms with Gasteiger partial charge in [0, 0.05) is 30.2 Å². The normalized spacial score (nSPS) is 11.5. The van der Waals surface area contributed by atoms with E-state index in [0.29, 0.717) is 0 Å². The van der Waals surface area contributed by atoms with Gasteiger partial charge in [0.05, 0.1) is 0 Å². The van der Waals surface area contributed by atoms with E-state index in [0.717, 1.165) is 26.1 Å². The summed E-state index contributed by atoms with van der Waals surface area (Å²) in [6.45, 7) is 3.18. The number of nitrogens with zero attached hydrogens (tertiary/aromatic N) is 1. The average Bonchev–Trinajstić information content (AvgIpc) is 2.72. The van der Waals surface area contributed by atoms with E-state index < -0.39 is 0 Å². The molecule has 0 amide bonds. The summed E-state index contributed by atoms with van der Waals surface area (Å²) in [5.41, 5.74) is 2.63. The molecule has 0 aliphatic rings. The minimum atomic E-state index is 1.04. The van der Waals surface area contributed by atoms with Crippen molar-refractivity contribution >= 4 is 10.9 Å². The molecule has 3 heteroatoms. The van der Waals surface area contributed by atoms with Crippen LogP contribution in [0.15, 0.2) is 30.5 Å². The molecule has 1 aromatic carbocycles. The minimum absolute atomic E-state index is 1.04. The van der Waals surface area contributed by atoms with Gasteiger partial charge in [-0.3, -0.25) is 0 Å². The smallest absolute Gasteiger partial charge is 0.0456 e. The second-order valence-electron chi connectivity index (χ2n) is 4.66. The van der Waals surface area contributed by atoms with Crippen molar-refractivity contribution in [2.75, 3.05) is 33.7 Å². The number of likely N-dealkylation sites (N-methyl/N-ethyl adjacent to an activating group) is 1. The third-order valence-corrected chi connectivity index (χ3v) is 2.98. The summed E-state index contributed by atoms with van der Waals surface area (Å²) < 4.78 is 0. The van der Waals surface area contributed by atoms with Gasteiger partial charge in [0.25, 0.3) is 0 Å². The van der Waals surface area contributed by atoms with Crippen LogP contribution in [-0.4, -0.2) is 43.6 Å². The Morgan fingerprint density at radius 2 is 2.00 bits per heavy atom. The predicted molar refractivity (Wildman–Crippen MR) is 73.4 cm³/mol. The van der Waals surface area contributed by atoms with Crippen LogP contribution in [0.25, 0.3) is 10.9 Å². The van der Waals surface area contributed by atoms with E-state index in [2.05, 4.69) is 59.8 Å². The van der Waals surface area contributed by atoms with Crippen molar-refractivity contribution in [1.82, 2.24) is 15.2 Å². The highest BCUT2D eigenvalue weighted by Gasteiger charge is 2.01. The Morgan fingerprint density at radius 1 is 1.18 bits per heavy atom. The number of para-hydroxylation sites is 1. The molecule has 0 bridgehead atoms. The van der Waals surface area contributed by atoms with E-state index >= 15 is 0 Å². The molecule has 17 heavy (non-hydrogen) atoms. The zero-order valence-electron chi connectivity index (χ0n) is 10.7. The zero-order valence-corrected chi connectivity index (χ0v) is 10.7. The van der Waals surface area contributed by atoms with E-state index in [1.807, 2.05) is 0 Å². The molecule has 0 aliphatic carbocycles. The highest BCUT2D eigenvalue weighted by Crippen LogP contribution is 2.17. The molecule has 0 aliphatic heterocycles. The van der Waals surface area contributed by atoms with Gasteiger partial charge < -0.3 is 15.2 Å². The Labute approximate surface area is 103 Å². The lowest BCUT2D eigenvalue weighted by Crippen LogP contribution is -2.27. The molecular formula is C14H21N3. The number of nitrogens with one attached hydrogen (secondary N) is 2. The van der Waals surface area contributed by atoms with Crippen LogP contribution in [0.3, 0.4) is 0 Å². The van der Waals surface area contributed by atoms with Gasteiger partial charge >= 0.3 is 0 Å². The first-order valence-electron chi connectivity index (χ1n) is 6.18. The maximum Gasteiger partial charge on any atom is 0.0456 e. The van der Waals surface area contributed by atoms with Crippen molar-refractivity contribution in [2.24, 2.45) is 0 Å². The predicted octanol–water partition coefficient (Wildman–Crippen LogP) is 1.86. The third-order valence-electron chi connectivity index (χ3n) is 2.98. The molecule has 2 N–H and O–H groups in total. The number of fused-ring (bicyclic) bond motifs is 1. The van der Waals surface area contributed by atoms with Crippen LogP contribution in [0.2, 0.25) is 0 Å². The fourth-order valence-corrected chi connectivity index (χ4v) is 1.99. The van der Waals surface area contributed by atoms with Crippen LogP contribution in [0, 0.1) is 0 Å². The van der Waals surface area contributed by atoms with Crippen LogP contribution >= 0.6 is 0 Å². The second-order valence-corrected chi connectivity index (χ2v) is 4.66. The summed E-state index contributed by atoms with van der Waals surface area (Å²) in [6.07, 6.45) is 3.20. The number of aromatic nitrogens is 1. The summed E-state index contributed by atoms with van der Waals surface area (Å²) >= 11 is 0. The lowest BCUT2D eigenvalue weighted by atomic mass is 10.1. The van der Waals surface area contributed by atoms with Crippen LogP contribution in [-0.2, 0) is 6.42 Å². The number of hydrogen-bond acceptors (Lipinski definition) is 2. The molecule has 0 atom stereocenters. The van der Waals surface area contributed by atoms with Gasteiger partial charge in [-0.1, -0.05) is 18.2 Å². The number of benzene rings is 1. The number of hydrogen-bond donors (Lipinski definition) is 2. The monoisotopic (exact) mass is 231 g/mol. The molecule has 1 heterocycles. The Morgan fingerprint density at radius 3 is 2.82 bits per heavy atom. The zero-order chi connectivity index (χ0) is 12.1. The maximum absolute atomic E-state index is 3.46. The topological polar surface area (TPSA) is 31.1 Å². The lowest BCUT2D eigenvalue weighted by molar-refractivity contribution is 0.401. The van der Waals surface area contributed by atoms with Crippen LogP contribution < -0.4 is 5.32 Å². The SMILES string of the molecule is CN(C)CCNCCc1c[nH]c2ccccc12. The van der Waals surface area contributed by atoms with E-state index in [-0.39, 0.29) is 0 Å². The van der Waals surface area contributed by atoms with Gasteiger partial charge in [-0.2, -0.15) is 0 Å². The summed E-state index contributed by atoms with van der Waals surface area (Å²) in [6, 6.07) is 8.47. The van der Waals surface area contributed by atoms with Crippen molar-refractivity contribution in [2.45, 2.75) is 6.42 Å². The van der Waals surface area contributed by atoms with E-state index in [1.165, 1.54) is 16.5 Å². The molecule has 92 valence electrons. The molecule has 0 saturated carbocycles. The van der Waals surface area contributed by atoms with Gasteiger partial charge in [-0.15, -0.1) is 0 Å². The molecule has 0 spiro atoms. The van der Waals surface area contributed by atoms with Crippen molar-refractivity contribution in [3.8, 4) is 0 Å². The largest absolute Gasteiger partial charge is 0.361 e. The molecule has 0 fully saturated rings. The van der Waals surface area contributed by atoms with Crippen LogP contribution in [0.5, 0.6) is 0 Å². The molecular weight excluding hydrogens is 210 g/mol. The molecule has 1 aromatic heterocycles. The quantitative estimate of drug-likeness (QED) is 0.744. The average molecular weight is 231 g/mol. The minimum Gasteiger partial charge on any atom is -0.361 e. The maximum atomic E-state index is 3.46. The first-order chi connectivity index (χ1) is 8.27. The van der Waals surface area contributed by atoms with Crippen LogP contribution in [0.4, 0.5) is 0 Å². The van der Waals surface area contributed by atoms with Gasteiger partial charge in [-0.25, -0.2) is 0 Å². The molecule has 0 saturated heterocycles. The first-order valence-corrected chi connectivity index (χ1v) is 6.18.